The largest absolute Gasteiger partial charge is 0.348 e. The van der Waals surface area contributed by atoms with Gasteiger partial charge in [0.25, 0.3) is 0 Å². The van der Waals surface area contributed by atoms with Crippen LogP contribution < -0.4 is 10.7 Å². The molecule has 0 bridgehead atoms. The van der Waals surface area contributed by atoms with Crippen molar-refractivity contribution < 1.29 is 9.59 Å². The minimum absolute atomic E-state index is 0.487. The van der Waals surface area contributed by atoms with Gasteiger partial charge < -0.3 is 5.32 Å². The van der Waals surface area contributed by atoms with Crippen LogP contribution in [0.5, 0.6) is 0 Å². The van der Waals surface area contributed by atoms with Gasteiger partial charge in [-0.05, 0) is 34.0 Å². The van der Waals surface area contributed by atoms with Crippen LogP contribution in [0.15, 0.2) is 59.7 Å². The van der Waals surface area contributed by atoms with Crippen LogP contribution >= 0.6 is 0 Å². The predicted molar refractivity (Wildman–Crippen MR) is 105 cm³/mol. The van der Waals surface area contributed by atoms with Gasteiger partial charge in [0.1, 0.15) is 0 Å². The quantitative estimate of drug-likeness (QED) is 0.244. The number of benzene rings is 3. The smallest absolute Gasteiger partial charge is 0.329 e. The summed E-state index contributed by atoms with van der Waals surface area (Å²) in [6.45, 7) is 2.51. The average molecular weight is 347 g/mol. The first-order valence-corrected chi connectivity index (χ1v) is 8.72. The molecule has 26 heavy (non-hydrogen) atoms. The molecule has 2 amide bonds. The molecule has 132 valence electrons. The Kier molecular flexibility index (Phi) is 5.59. The summed E-state index contributed by atoms with van der Waals surface area (Å²) in [6.07, 6.45) is 3.39. The van der Waals surface area contributed by atoms with Gasteiger partial charge in [-0.3, -0.25) is 9.59 Å². The Morgan fingerprint density at radius 1 is 0.962 bits per heavy atom. The number of hydrogen-bond donors (Lipinski definition) is 2. The van der Waals surface area contributed by atoms with E-state index in [9.17, 15) is 9.59 Å². The molecule has 5 heteroatoms. The maximum atomic E-state index is 11.8. The van der Waals surface area contributed by atoms with E-state index in [0.29, 0.717) is 6.54 Å². The van der Waals surface area contributed by atoms with Gasteiger partial charge in [-0.15, -0.1) is 0 Å². The van der Waals surface area contributed by atoms with Gasteiger partial charge in [-0.2, -0.15) is 5.10 Å². The molecule has 0 aliphatic rings. The molecule has 3 aromatic rings. The monoisotopic (exact) mass is 347 g/mol. The second kappa shape index (κ2) is 8.25. The average Bonchev–Trinajstić information content (AvgIpc) is 2.67. The van der Waals surface area contributed by atoms with Crippen molar-refractivity contribution in [3.8, 4) is 0 Å². The zero-order chi connectivity index (χ0) is 18.4. The van der Waals surface area contributed by atoms with Crippen LogP contribution in [0.2, 0.25) is 0 Å². The lowest BCUT2D eigenvalue weighted by molar-refractivity contribution is -0.139. The highest BCUT2D eigenvalue weighted by Crippen LogP contribution is 2.27. The second-order valence-corrected chi connectivity index (χ2v) is 6.04. The maximum absolute atomic E-state index is 11.8. The third-order valence-electron chi connectivity index (χ3n) is 4.19. The summed E-state index contributed by atoms with van der Waals surface area (Å²) >= 11 is 0. The van der Waals surface area contributed by atoms with Crippen LogP contribution in [0, 0.1) is 0 Å². The first-order valence-electron chi connectivity index (χ1n) is 8.72. The normalized spacial score (nSPS) is 11.1. The standard InChI is InChI=1S/C21H21N3O2/c1-2-3-12-22-20(25)21(26)24-23-14-19-17-10-6-4-8-15(17)13-16-9-5-7-11-18(16)19/h4-11,13-14H,2-3,12H2,1H3,(H,22,25)(H,24,26)/b23-14+. The maximum Gasteiger partial charge on any atom is 0.329 e. The van der Waals surface area contributed by atoms with Crippen molar-refractivity contribution in [1.82, 2.24) is 10.7 Å². The van der Waals surface area contributed by atoms with Gasteiger partial charge in [0.15, 0.2) is 0 Å². The van der Waals surface area contributed by atoms with Crippen molar-refractivity contribution in [2.24, 2.45) is 5.10 Å². The van der Waals surface area contributed by atoms with E-state index in [-0.39, 0.29) is 0 Å². The Morgan fingerprint density at radius 3 is 2.19 bits per heavy atom. The molecule has 0 aromatic heterocycles. The number of hydrazone groups is 1. The summed E-state index contributed by atoms with van der Waals surface area (Å²) in [5, 5.41) is 10.8. The highest BCUT2D eigenvalue weighted by Gasteiger charge is 2.11. The zero-order valence-electron chi connectivity index (χ0n) is 14.7. The second-order valence-electron chi connectivity index (χ2n) is 6.04. The summed E-state index contributed by atoms with van der Waals surface area (Å²) in [6, 6.07) is 18.1. The fraction of sp³-hybridized carbons (Fsp3) is 0.190. The Morgan fingerprint density at radius 2 is 1.58 bits per heavy atom. The number of nitrogens with zero attached hydrogens (tertiary/aromatic N) is 1. The van der Waals surface area contributed by atoms with Crippen molar-refractivity contribution >= 4 is 39.6 Å². The minimum atomic E-state index is -0.762. The van der Waals surface area contributed by atoms with Gasteiger partial charge in [0.05, 0.1) is 6.21 Å². The Bertz CT molecular complexity index is 925. The van der Waals surface area contributed by atoms with Crippen LogP contribution in [-0.2, 0) is 9.59 Å². The molecule has 0 aliphatic heterocycles. The zero-order valence-corrected chi connectivity index (χ0v) is 14.7. The number of carbonyl (C=O) groups is 2. The Labute approximate surface area is 152 Å². The lowest BCUT2D eigenvalue weighted by Crippen LogP contribution is -2.38. The van der Waals surface area contributed by atoms with Crippen molar-refractivity contribution in [1.29, 1.82) is 0 Å². The number of fused-ring (bicyclic) bond motifs is 2. The number of unbranched alkanes of at least 4 members (excludes halogenated alkanes) is 1. The molecule has 0 radical (unpaired) electrons. The molecule has 0 spiro atoms. The van der Waals surface area contributed by atoms with Crippen LogP contribution in [0.1, 0.15) is 25.3 Å². The lowest BCUT2D eigenvalue weighted by Gasteiger charge is -2.08. The topological polar surface area (TPSA) is 70.6 Å². The van der Waals surface area contributed by atoms with Crippen molar-refractivity contribution in [2.45, 2.75) is 19.8 Å². The van der Waals surface area contributed by atoms with Gasteiger partial charge in [0, 0.05) is 12.1 Å². The molecule has 0 aliphatic carbocycles. The van der Waals surface area contributed by atoms with Gasteiger partial charge >= 0.3 is 11.8 Å². The molecule has 0 heterocycles. The van der Waals surface area contributed by atoms with Crippen molar-refractivity contribution in [3.05, 3.63) is 60.2 Å². The molecule has 0 unspecified atom stereocenters. The van der Waals surface area contributed by atoms with Crippen molar-refractivity contribution in [3.63, 3.8) is 0 Å². The van der Waals surface area contributed by atoms with E-state index >= 15 is 0 Å². The molecule has 0 saturated carbocycles. The van der Waals surface area contributed by atoms with E-state index in [2.05, 4.69) is 21.9 Å². The highest BCUT2D eigenvalue weighted by atomic mass is 16.2. The number of rotatable bonds is 5. The van der Waals surface area contributed by atoms with E-state index < -0.39 is 11.8 Å². The molecule has 5 nitrogen and oxygen atoms in total. The predicted octanol–water partition coefficient (Wildman–Crippen LogP) is 3.36. The van der Waals surface area contributed by atoms with Crippen LogP contribution in [0.25, 0.3) is 21.5 Å². The summed E-state index contributed by atoms with van der Waals surface area (Å²) in [5.41, 5.74) is 3.21. The summed E-state index contributed by atoms with van der Waals surface area (Å²) in [7, 11) is 0. The van der Waals surface area contributed by atoms with E-state index in [4.69, 9.17) is 0 Å². The highest BCUT2D eigenvalue weighted by molar-refractivity contribution is 6.35. The Hall–Kier alpha value is -3.21. The van der Waals surface area contributed by atoms with Crippen LogP contribution in [0.3, 0.4) is 0 Å². The number of hydrogen-bond acceptors (Lipinski definition) is 3. The fourth-order valence-corrected chi connectivity index (χ4v) is 2.85. The van der Waals surface area contributed by atoms with Crippen molar-refractivity contribution in [2.75, 3.05) is 6.54 Å². The fourth-order valence-electron chi connectivity index (χ4n) is 2.85. The number of nitrogens with one attached hydrogen (secondary N) is 2. The van der Waals surface area contributed by atoms with Crippen LogP contribution in [-0.4, -0.2) is 24.6 Å². The van der Waals surface area contributed by atoms with E-state index in [0.717, 1.165) is 39.9 Å². The van der Waals surface area contributed by atoms with E-state index in [1.54, 1.807) is 6.21 Å². The molecular weight excluding hydrogens is 326 g/mol. The minimum Gasteiger partial charge on any atom is -0.348 e. The third kappa shape index (κ3) is 3.88. The first-order chi connectivity index (χ1) is 12.7. The molecule has 3 aromatic carbocycles. The molecule has 0 saturated heterocycles. The SMILES string of the molecule is CCCCNC(=O)C(=O)N/N=C/c1c2ccccc2cc2ccccc12. The number of amides is 2. The first kappa shape index (κ1) is 17.6. The van der Waals surface area contributed by atoms with Crippen LogP contribution in [0.4, 0.5) is 0 Å². The van der Waals surface area contributed by atoms with Gasteiger partial charge in [-0.1, -0.05) is 61.9 Å². The summed E-state index contributed by atoms with van der Waals surface area (Å²) in [4.78, 5) is 23.5. The summed E-state index contributed by atoms with van der Waals surface area (Å²) in [5.74, 6) is -1.43. The summed E-state index contributed by atoms with van der Waals surface area (Å²) < 4.78 is 0. The molecule has 2 N–H and O–H groups in total. The van der Waals surface area contributed by atoms with E-state index in [1.165, 1.54) is 0 Å². The molecule has 0 atom stereocenters. The van der Waals surface area contributed by atoms with Gasteiger partial charge in [-0.25, -0.2) is 5.43 Å². The lowest BCUT2D eigenvalue weighted by atomic mass is 9.97. The molecular formula is C21H21N3O2. The van der Waals surface area contributed by atoms with E-state index in [1.807, 2.05) is 55.5 Å². The Balaban J connectivity index is 1.84. The van der Waals surface area contributed by atoms with Gasteiger partial charge in [0.2, 0.25) is 0 Å². The molecule has 3 rings (SSSR count). The molecule has 0 fully saturated rings. The third-order valence-corrected chi connectivity index (χ3v) is 4.19. The number of carbonyl (C=O) groups excluding carboxylic acids is 2.